The van der Waals surface area contributed by atoms with Gasteiger partial charge in [-0.05, 0) is 12.8 Å². The van der Waals surface area contributed by atoms with Crippen LogP contribution in [0.2, 0.25) is 0 Å². The fraction of sp³-hybridized carbons (Fsp3) is 0.875. The van der Waals surface area contributed by atoms with Crippen LogP contribution in [0.3, 0.4) is 0 Å². The Morgan fingerprint density at radius 2 is 2.42 bits per heavy atom. The highest BCUT2D eigenvalue weighted by atomic mass is 79.9. The van der Waals surface area contributed by atoms with Crippen molar-refractivity contribution >= 4 is 21.8 Å². The van der Waals surface area contributed by atoms with Gasteiger partial charge in [0.2, 0.25) is 5.91 Å². The number of hydrogen-bond donors (Lipinski definition) is 1. The van der Waals surface area contributed by atoms with E-state index in [1.807, 2.05) is 0 Å². The lowest BCUT2D eigenvalue weighted by atomic mass is 10.3. The summed E-state index contributed by atoms with van der Waals surface area (Å²) in [5, 5.41) is 3.67. The molecule has 0 aromatic carbocycles. The first-order chi connectivity index (χ1) is 5.77. The third kappa shape index (κ3) is 3.11. The SMILES string of the molecule is COCC(CBr)NC(=O)C1CC1. The van der Waals surface area contributed by atoms with Gasteiger partial charge in [-0.15, -0.1) is 0 Å². The van der Waals surface area contributed by atoms with Crippen molar-refractivity contribution in [3.63, 3.8) is 0 Å². The van der Waals surface area contributed by atoms with Crippen LogP contribution in [0.5, 0.6) is 0 Å². The number of halogens is 1. The van der Waals surface area contributed by atoms with Gasteiger partial charge in [0.25, 0.3) is 0 Å². The van der Waals surface area contributed by atoms with E-state index < -0.39 is 0 Å². The molecule has 4 heteroatoms. The van der Waals surface area contributed by atoms with Gasteiger partial charge in [-0.25, -0.2) is 0 Å². The monoisotopic (exact) mass is 235 g/mol. The summed E-state index contributed by atoms with van der Waals surface area (Å²) >= 11 is 3.32. The molecular formula is C8H14BrNO2. The Bertz CT molecular complexity index is 159. The number of carbonyl (C=O) groups is 1. The molecule has 1 N–H and O–H groups in total. The van der Waals surface area contributed by atoms with Gasteiger partial charge in [-0.2, -0.15) is 0 Å². The zero-order chi connectivity index (χ0) is 8.97. The lowest BCUT2D eigenvalue weighted by Crippen LogP contribution is -2.40. The van der Waals surface area contributed by atoms with E-state index in [0.29, 0.717) is 6.61 Å². The lowest BCUT2D eigenvalue weighted by molar-refractivity contribution is -0.123. The van der Waals surface area contributed by atoms with Crippen LogP contribution < -0.4 is 5.32 Å². The average molecular weight is 236 g/mol. The second-order valence-electron chi connectivity index (χ2n) is 3.09. The van der Waals surface area contributed by atoms with Gasteiger partial charge < -0.3 is 10.1 Å². The van der Waals surface area contributed by atoms with Crippen LogP contribution in [0.25, 0.3) is 0 Å². The zero-order valence-corrected chi connectivity index (χ0v) is 8.76. The average Bonchev–Trinajstić information content (AvgIpc) is 2.85. The number of amides is 1. The van der Waals surface area contributed by atoms with Gasteiger partial charge >= 0.3 is 0 Å². The fourth-order valence-electron chi connectivity index (χ4n) is 0.991. The summed E-state index contributed by atoms with van der Waals surface area (Å²) in [5.41, 5.74) is 0. The van der Waals surface area contributed by atoms with E-state index in [1.54, 1.807) is 7.11 Å². The van der Waals surface area contributed by atoms with Crippen molar-refractivity contribution in [2.24, 2.45) is 5.92 Å². The van der Waals surface area contributed by atoms with Gasteiger partial charge in [-0.3, -0.25) is 4.79 Å². The topological polar surface area (TPSA) is 38.3 Å². The number of ether oxygens (including phenoxy) is 1. The molecule has 0 aliphatic heterocycles. The molecule has 1 unspecified atom stereocenters. The summed E-state index contributed by atoms with van der Waals surface area (Å²) < 4.78 is 4.95. The van der Waals surface area contributed by atoms with Crippen molar-refractivity contribution in [1.29, 1.82) is 0 Å². The third-order valence-electron chi connectivity index (χ3n) is 1.85. The van der Waals surface area contributed by atoms with E-state index in [2.05, 4.69) is 21.2 Å². The molecule has 0 aromatic rings. The second-order valence-corrected chi connectivity index (χ2v) is 3.74. The van der Waals surface area contributed by atoms with Crippen molar-refractivity contribution in [3.05, 3.63) is 0 Å². The van der Waals surface area contributed by atoms with E-state index >= 15 is 0 Å². The number of carbonyl (C=O) groups excluding carboxylic acids is 1. The van der Waals surface area contributed by atoms with Crippen LogP contribution in [-0.2, 0) is 9.53 Å². The molecule has 1 aliphatic carbocycles. The summed E-state index contributed by atoms with van der Waals surface area (Å²) in [6.07, 6.45) is 2.10. The third-order valence-corrected chi connectivity index (χ3v) is 2.63. The van der Waals surface area contributed by atoms with Crippen molar-refractivity contribution in [1.82, 2.24) is 5.32 Å². The minimum absolute atomic E-state index is 0.114. The molecule has 1 aliphatic rings. The molecule has 1 rings (SSSR count). The molecule has 0 radical (unpaired) electrons. The minimum atomic E-state index is 0.114. The van der Waals surface area contributed by atoms with E-state index in [0.717, 1.165) is 18.2 Å². The molecule has 1 saturated carbocycles. The van der Waals surface area contributed by atoms with E-state index in [-0.39, 0.29) is 17.9 Å². The molecule has 0 heterocycles. The number of hydrogen-bond acceptors (Lipinski definition) is 2. The molecule has 0 bridgehead atoms. The molecule has 1 atom stereocenters. The maximum Gasteiger partial charge on any atom is 0.223 e. The largest absolute Gasteiger partial charge is 0.383 e. The highest BCUT2D eigenvalue weighted by Gasteiger charge is 2.30. The highest BCUT2D eigenvalue weighted by molar-refractivity contribution is 9.09. The van der Waals surface area contributed by atoms with Crippen molar-refractivity contribution in [3.8, 4) is 0 Å². The number of nitrogens with one attached hydrogen (secondary N) is 1. The predicted octanol–water partition coefficient (Wildman–Crippen LogP) is 0.922. The Morgan fingerprint density at radius 1 is 1.75 bits per heavy atom. The highest BCUT2D eigenvalue weighted by Crippen LogP contribution is 2.28. The number of alkyl halides is 1. The lowest BCUT2D eigenvalue weighted by Gasteiger charge is -2.14. The van der Waals surface area contributed by atoms with Crippen LogP contribution >= 0.6 is 15.9 Å². The Kier molecular flexibility index (Phi) is 4.01. The van der Waals surface area contributed by atoms with Gasteiger partial charge in [0, 0.05) is 18.4 Å². The molecule has 12 heavy (non-hydrogen) atoms. The molecule has 1 amide bonds. The van der Waals surface area contributed by atoms with Crippen LogP contribution in [-0.4, -0.2) is 31.0 Å². The molecular weight excluding hydrogens is 222 g/mol. The molecule has 0 spiro atoms. The molecule has 0 aromatic heterocycles. The summed E-state index contributed by atoms with van der Waals surface area (Å²) in [5.74, 6) is 0.458. The standard InChI is InChI=1S/C8H14BrNO2/c1-12-5-7(4-9)10-8(11)6-2-3-6/h6-7H,2-5H2,1H3,(H,10,11). The molecule has 70 valence electrons. The summed E-state index contributed by atoms with van der Waals surface area (Å²) in [7, 11) is 1.64. The summed E-state index contributed by atoms with van der Waals surface area (Å²) in [6.45, 7) is 0.573. The first kappa shape index (κ1) is 9.99. The van der Waals surface area contributed by atoms with Gasteiger partial charge in [0.1, 0.15) is 0 Å². The van der Waals surface area contributed by atoms with Crippen molar-refractivity contribution in [2.75, 3.05) is 19.0 Å². The van der Waals surface area contributed by atoms with Crippen LogP contribution in [0.15, 0.2) is 0 Å². The number of rotatable bonds is 5. The maximum atomic E-state index is 11.3. The van der Waals surface area contributed by atoms with Crippen LogP contribution in [0.4, 0.5) is 0 Å². The van der Waals surface area contributed by atoms with Gasteiger partial charge in [0.15, 0.2) is 0 Å². The minimum Gasteiger partial charge on any atom is -0.383 e. The molecule has 1 fully saturated rings. The summed E-state index contributed by atoms with van der Waals surface area (Å²) in [6, 6.07) is 0.114. The Hall–Kier alpha value is -0.0900. The molecule has 0 saturated heterocycles. The second kappa shape index (κ2) is 4.82. The predicted molar refractivity (Wildman–Crippen MR) is 50.3 cm³/mol. The number of methoxy groups -OCH3 is 1. The Morgan fingerprint density at radius 3 is 2.83 bits per heavy atom. The molecule has 3 nitrogen and oxygen atoms in total. The van der Waals surface area contributed by atoms with Crippen LogP contribution in [0, 0.1) is 5.92 Å². The smallest absolute Gasteiger partial charge is 0.223 e. The quantitative estimate of drug-likeness (QED) is 0.721. The van der Waals surface area contributed by atoms with Gasteiger partial charge in [0.05, 0.1) is 12.6 Å². The first-order valence-corrected chi connectivity index (χ1v) is 5.25. The maximum absolute atomic E-state index is 11.3. The van der Waals surface area contributed by atoms with Crippen molar-refractivity contribution < 1.29 is 9.53 Å². The normalized spacial score (nSPS) is 18.8. The van der Waals surface area contributed by atoms with E-state index in [1.165, 1.54) is 0 Å². The first-order valence-electron chi connectivity index (χ1n) is 4.13. The van der Waals surface area contributed by atoms with Gasteiger partial charge in [-0.1, -0.05) is 15.9 Å². The summed E-state index contributed by atoms with van der Waals surface area (Å²) in [4.78, 5) is 11.3. The van der Waals surface area contributed by atoms with Crippen molar-refractivity contribution in [2.45, 2.75) is 18.9 Å². The Balaban J connectivity index is 2.20. The zero-order valence-electron chi connectivity index (χ0n) is 7.18. The van der Waals surface area contributed by atoms with Crippen LogP contribution in [0.1, 0.15) is 12.8 Å². The Labute approximate surface area is 81.0 Å². The van der Waals surface area contributed by atoms with E-state index in [4.69, 9.17) is 4.74 Å². The van der Waals surface area contributed by atoms with E-state index in [9.17, 15) is 4.79 Å². The fourth-order valence-corrected chi connectivity index (χ4v) is 1.34.